The van der Waals surface area contributed by atoms with Gasteiger partial charge in [0.15, 0.2) is 5.13 Å². The van der Waals surface area contributed by atoms with Crippen molar-refractivity contribution in [1.29, 1.82) is 0 Å². The smallest absolute Gasteiger partial charge is 0.182 e. The van der Waals surface area contributed by atoms with Gasteiger partial charge in [0.05, 0.1) is 12.3 Å². The Bertz CT molecular complexity index is 442. The second-order valence-corrected chi connectivity index (χ2v) is 4.58. The number of hydrogen-bond acceptors (Lipinski definition) is 4. The monoisotopic (exact) mass is 248 g/mol. The van der Waals surface area contributed by atoms with Crippen LogP contribution < -0.4 is 5.32 Å². The van der Waals surface area contributed by atoms with Gasteiger partial charge in [-0.2, -0.15) is 0 Å². The third-order valence-electron chi connectivity index (χ3n) is 2.36. The number of aromatic nitrogens is 1. The molecule has 0 aliphatic rings. The molecule has 4 heteroatoms. The number of anilines is 1. The second kappa shape index (κ2) is 6.37. The maximum Gasteiger partial charge on any atom is 0.182 e. The average Bonchev–Trinajstić information content (AvgIpc) is 2.79. The lowest BCUT2D eigenvalue weighted by Gasteiger charge is -2.00. The summed E-state index contributed by atoms with van der Waals surface area (Å²) in [4.78, 5) is 4.53. The van der Waals surface area contributed by atoms with E-state index in [-0.39, 0.29) is 0 Å². The minimum atomic E-state index is 0.702. The highest BCUT2D eigenvalue weighted by Crippen LogP contribution is 2.17. The maximum absolute atomic E-state index is 4.98. The molecule has 90 valence electrons. The van der Waals surface area contributed by atoms with Gasteiger partial charge < -0.3 is 10.1 Å². The van der Waals surface area contributed by atoms with E-state index >= 15 is 0 Å². The summed E-state index contributed by atoms with van der Waals surface area (Å²) in [6, 6.07) is 10.4. The number of ether oxygens (including phenoxy) is 1. The van der Waals surface area contributed by atoms with Crippen LogP contribution in [0, 0.1) is 0 Å². The average molecular weight is 248 g/mol. The van der Waals surface area contributed by atoms with Crippen LogP contribution in [0.1, 0.15) is 11.3 Å². The van der Waals surface area contributed by atoms with Gasteiger partial charge in [0.2, 0.25) is 0 Å². The molecule has 0 amide bonds. The molecule has 0 spiro atoms. The molecule has 1 aromatic carbocycles. The molecule has 0 bridgehead atoms. The van der Waals surface area contributed by atoms with Crippen LogP contribution in [0.15, 0.2) is 35.7 Å². The van der Waals surface area contributed by atoms with Crippen molar-refractivity contribution < 1.29 is 4.74 Å². The fourth-order valence-corrected chi connectivity index (χ4v) is 2.27. The standard InChI is InChI=1S/C13H16N2OS/c1-16-8-7-14-13-15-12(10-17-13)9-11-5-3-2-4-6-11/h2-6,10H,7-9H2,1H3,(H,14,15). The Kier molecular flexibility index (Phi) is 4.53. The third-order valence-corrected chi connectivity index (χ3v) is 3.21. The number of rotatable bonds is 6. The van der Waals surface area contributed by atoms with E-state index in [0.29, 0.717) is 6.61 Å². The molecule has 1 aromatic heterocycles. The van der Waals surface area contributed by atoms with E-state index in [9.17, 15) is 0 Å². The lowest BCUT2D eigenvalue weighted by atomic mass is 10.1. The van der Waals surface area contributed by atoms with Gasteiger partial charge in [0.1, 0.15) is 0 Å². The summed E-state index contributed by atoms with van der Waals surface area (Å²) in [6.45, 7) is 1.50. The molecule has 17 heavy (non-hydrogen) atoms. The molecule has 0 saturated carbocycles. The lowest BCUT2D eigenvalue weighted by molar-refractivity contribution is 0.211. The summed E-state index contributed by atoms with van der Waals surface area (Å²) in [5.41, 5.74) is 2.40. The van der Waals surface area contributed by atoms with Gasteiger partial charge in [0, 0.05) is 25.5 Å². The van der Waals surface area contributed by atoms with Crippen molar-refractivity contribution in [3.8, 4) is 0 Å². The maximum atomic E-state index is 4.98. The van der Waals surface area contributed by atoms with Gasteiger partial charge in [-0.05, 0) is 5.56 Å². The highest BCUT2D eigenvalue weighted by atomic mass is 32.1. The number of hydrogen-bond donors (Lipinski definition) is 1. The first-order valence-electron chi connectivity index (χ1n) is 5.59. The van der Waals surface area contributed by atoms with Crippen molar-refractivity contribution in [2.75, 3.05) is 25.6 Å². The van der Waals surface area contributed by atoms with Crippen molar-refractivity contribution in [3.63, 3.8) is 0 Å². The number of benzene rings is 1. The Hall–Kier alpha value is -1.39. The van der Waals surface area contributed by atoms with Gasteiger partial charge in [-0.1, -0.05) is 30.3 Å². The number of nitrogens with one attached hydrogen (secondary N) is 1. The molecule has 0 aliphatic carbocycles. The predicted octanol–water partition coefficient (Wildman–Crippen LogP) is 2.79. The van der Waals surface area contributed by atoms with Gasteiger partial charge in [-0.25, -0.2) is 4.98 Å². The van der Waals surface area contributed by atoms with Crippen molar-refractivity contribution in [3.05, 3.63) is 47.0 Å². The third kappa shape index (κ3) is 3.84. The summed E-state index contributed by atoms with van der Waals surface area (Å²) in [7, 11) is 1.70. The molecule has 0 radical (unpaired) electrons. The topological polar surface area (TPSA) is 34.1 Å². The molecule has 1 N–H and O–H groups in total. The highest BCUT2D eigenvalue weighted by Gasteiger charge is 2.02. The molecular formula is C13H16N2OS. The van der Waals surface area contributed by atoms with Crippen molar-refractivity contribution in [1.82, 2.24) is 4.98 Å². The van der Waals surface area contributed by atoms with Crippen LogP contribution >= 0.6 is 11.3 Å². The van der Waals surface area contributed by atoms with Crippen LogP contribution in [-0.4, -0.2) is 25.2 Å². The predicted molar refractivity (Wildman–Crippen MR) is 71.7 cm³/mol. The summed E-state index contributed by atoms with van der Waals surface area (Å²) >= 11 is 1.64. The summed E-state index contributed by atoms with van der Waals surface area (Å²) in [6.07, 6.45) is 0.892. The van der Waals surface area contributed by atoms with E-state index in [4.69, 9.17) is 4.74 Å². The Morgan fingerprint density at radius 1 is 1.29 bits per heavy atom. The molecule has 2 aromatic rings. The quantitative estimate of drug-likeness (QED) is 0.798. The molecule has 0 saturated heterocycles. The van der Waals surface area contributed by atoms with E-state index in [1.165, 1.54) is 5.56 Å². The zero-order valence-corrected chi connectivity index (χ0v) is 10.7. The fraction of sp³-hybridized carbons (Fsp3) is 0.308. The van der Waals surface area contributed by atoms with Crippen LogP contribution in [0.3, 0.4) is 0 Å². The zero-order valence-electron chi connectivity index (χ0n) is 9.85. The fourth-order valence-electron chi connectivity index (χ4n) is 1.53. The summed E-state index contributed by atoms with van der Waals surface area (Å²) < 4.78 is 4.98. The Balaban J connectivity index is 1.90. The first-order valence-corrected chi connectivity index (χ1v) is 6.47. The molecule has 1 heterocycles. The van der Waals surface area contributed by atoms with Crippen molar-refractivity contribution >= 4 is 16.5 Å². The summed E-state index contributed by atoms with van der Waals surface area (Å²) in [5, 5.41) is 6.30. The van der Waals surface area contributed by atoms with Gasteiger partial charge in [0.25, 0.3) is 0 Å². The molecule has 0 atom stereocenters. The van der Waals surface area contributed by atoms with Crippen LogP contribution in [0.2, 0.25) is 0 Å². The van der Waals surface area contributed by atoms with Crippen LogP contribution in [-0.2, 0) is 11.2 Å². The molecule has 2 rings (SSSR count). The molecular weight excluding hydrogens is 232 g/mol. The lowest BCUT2D eigenvalue weighted by Crippen LogP contribution is -2.07. The molecule has 0 unspecified atom stereocenters. The molecule has 0 aliphatic heterocycles. The normalized spacial score (nSPS) is 10.4. The zero-order chi connectivity index (χ0) is 11.9. The molecule has 3 nitrogen and oxygen atoms in total. The Morgan fingerprint density at radius 2 is 2.12 bits per heavy atom. The van der Waals surface area contributed by atoms with Crippen LogP contribution in [0.25, 0.3) is 0 Å². The van der Waals surface area contributed by atoms with E-state index < -0.39 is 0 Å². The van der Waals surface area contributed by atoms with Gasteiger partial charge in [-0.3, -0.25) is 0 Å². The number of methoxy groups -OCH3 is 1. The minimum Gasteiger partial charge on any atom is -0.383 e. The Labute approximate surface area is 105 Å². The number of thiazole rings is 1. The first kappa shape index (κ1) is 12.1. The SMILES string of the molecule is COCCNc1nc(Cc2ccccc2)cs1. The second-order valence-electron chi connectivity index (χ2n) is 3.73. The van der Waals surface area contributed by atoms with E-state index in [1.807, 2.05) is 6.07 Å². The minimum absolute atomic E-state index is 0.702. The highest BCUT2D eigenvalue weighted by molar-refractivity contribution is 7.13. The largest absolute Gasteiger partial charge is 0.383 e. The van der Waals surface area contributed by atoms with Gasteiger partial charge in [-0.15, -0.1) is 11.3 Å². The number of nitrogens with zero attached hydrogens (tertiary/aromatic N) is 1. The van der Waals surface area contributed by atoms with Crippen molar-refractivity contribution in [2.24, 2.45) is 0 Å². The van der Waals surface area contributed by atoms with Crippen molar-refractivity contribution in [2.45, 2.75) is 6.42 Å². The Morgan fingerprint density at radius 3 is 2.88 bits per heavy atom. The summed E-state index contributed by atoms with van der Waals surface area (Å²) in [5.74, 6) is 0. The van der Waals surface area contributed by atoms with Crippen LogP contribution in [0.4, 0.5) is 5.13 Å². The van der Waals surface area contributed by atoms with E-state index in [1.54, 1.807) is 18.4 Å². The van der Waals surface area contributed by atoms with E-state index in [0.717, 1.165) is 23.8 Å². The van der Waals surface area contributed by atoms with Gasteiger partial charge >= 0.3 is 0 Å². The first-order chi connectivity index (χ1) is 8.38. The van der Waals surface area contributed by atoms with Crippen LogP contribution in [0.5, 0.6) is 0 Å². The molecule has 0 fully saturated rings. The van der Waals surface area contributed by atoms with E-state index in [2.05, 4.69) is 39.9 Å².